The topological polar surface area (TPSA) is 21.3 Å². The zero-order valence-electron chi connectivity index (χ0n) is 9.46. The van der Waals surface area contributed by atoms with Crippen LogP contribution in [-0.4, -0.2) is 26.8 Å². The van der Waals surface area contributed by atoms with Gasteiger partial charge in [0.2, 0.25) is 0 Å². The molecule has 0 saturated heterocycles. The summed E-state index contributed by atoms with van der Waals surface area (Å²) >= 11 is 0. The first kappa shape index (κ1) is 10.4. The van der Waals surface area contributed by atoms with E-state index in [1.165, 1.54) is 32.1 Å². The van der Waals surface area contributed by atoms with Crippen LogP contribution in [0.1, 0.15) is 32.1 Å². The SMILES string of the molecule is CNC(COC)CC1CC2CCC1C2. The largest absolute Gasteiger partial charge is 0.383 e. The Kier molecular flexibility index (Phi) is 3.45. The summed E-state index contributed by atoms with van der Waals surface area (Å²) in [4.78, 5) is 0. The lowest BCUT2D eigenvalue weighted by atomic mass is 9.84. The van der Waals surface area contributed by atoms with Crippen LogP contribution in [0.15, 0.2) is 0 Å². The third-order valence-electron chi connectivity index (χ3n) is 4.25. The lowest BCUT2D eigenvalue weighted by Gasteiger charge is -2.26. The van der Waals surface area contributed by atoms with Gasteiger partial charge in [-0.25, -0.2) is 0 Å². The van der Waals surface area contributed by atoms with E-state index in [1.54, 1.807) is 7.11 Å². The van der Waals surface area contributed by atoms with Crippen LogP contribution in [0.4, 0.5) is 0 Å². The first-order valence-electron chi connectivity index (χ1n) is 5.99. The maximum Gasteiger partial charge on any atom is 0.0615 e. The summed E-state index contributed by atoms with van der Waals surface area (Å²) in [5.41, 5.74) is 0. The minimum atomic E-state index is 0.573. The fourth-order valence-corrected chi connectivity index (χ4v) is 3.50. The minimum absolute atomic E-state index is 0.573. The van der Waals surface area contributed by atoms with Crippen molar-refractivity contribution in [3.05, 3.63) is 0 Å². The Labute approximate surface area is 87.4 Å². The van der Waals surface area contributed by atoms with Gasteiger partial charge in [-0.1, -0.05) is 6.42 Å². The number of ether oxygens (including phenoxy) is 1. The molecule has 0 aromatic rings. The lowest BCUT2D eigenvalue weighted by Crippen LogP contribution is -2.33. The summed E-state index contributed by atoms with van der Waals surface area (Å²) < 4.78 is 5.22. The van der Waals surface area contributed by atoms with E-state index in [2.05, 4.69) is 12.4 Å². The van der Waals surface area contributed by atoms with Crippen LogP contribution < -0.4 is 5.32 Å². The Morgan fingerprint density at radius 2 is 2.21 bits per heavy atom. The van der Waals surface area contributed by atoms with Crippen molar-refractivity contribution in [3.8, 4) is 0 Å². The molecule has 0 heterocycles. The smallest absolute Gasteiger partial charge is 0.0615 e. The molecule has 2 rings (SSSR count). The van der Waals surface area contributed by atoms with Gasteiger partial charge >= 0.3 is 0 Å². The number of methoxy groups -OCH3 is 1. The fraction of sp³-hybridized carbons (Fsp3) is 1.00. The van der Waals surface area contributed by atoms with Crippen molar-refractivity contribution in [1.82, 2.24) is 5.32 Å². The van der Waals surface area contributed by atoms with E-state index >= 15 is 0 Å². The Hall–Kier alpha value is -0.0800. The van der Waals surface area contributed by atoms with Gasteiger partial charge in [-0.15, -0.1) is 0 Å². The van der Waals surface area contributed by atoms with Crippen molar-refractivity contribution in [2.75, 3.05) is 20.8 Å². The van der Waals surface area contributed by atoms with Crippen molar-refractivity contribution in [2.45, 2.75) is 38.1 Å². The maximum absolute atomic E-state index is 5.22. The van der Waals surface area contributed by atoms with Crippen LogP contribution in [-0.2, 0) is 4.74 Å². The molecule has 2 aliphatic rings. The number of hydrogen-bond donors (Lipinski definition) is 1. The van der Waals surface area contributed by atoms with E-state index in [1.807, 2.05) is 0 Å². The molecule has 1 N–H and O–H groups in total. The highest BCUT2D eigenvalue weighted by molar-refractivity contribution is 4.91. The van der Waals surface area contributed by atoms with E-state index in [4.69, 9.17) is 4.74 Å². The van der Waals surface area contributed by atoms with Gasteiger partial charge in [0.1, 0.15) is 0 Å². The van der Waals surface area contributed by atoms with E-state index in [9.17, 15) is 0 Å². The normalized spacial score (nSPS) is 37.7. The van der Waals surface area contributed by atoms with Gasteiger partial charge in [0.25, 0.3) is 0 Å². The van der Waals surface area contributed by atoms with Gasteiger partial charge in [-0.05, 0) is 50.5 Å². The molecule has 4 atom stereocenters. The van der Waals surface area contributed by atoms with Crippen LogP contribution in [0, 0.1) is 17.8 Å². The first-order valence-corrected chi connectivity index (χ1v) is 5.99. The number of rotatable bonds is 5. The van der Waals surface area contributed by atoms with Crippen LogP contribution in [0.2, 0.25) is 0 Å². The molecular formula is C12H23NO. The molecule has 0 aromatic heterocycles. The second-order valence-electron chi connectivity index (χ2n) is 5.11. The maximum atomic E-state index is 5.22. The highest BCUT2D eigenvalue weighted by Gasteiger charge is 2.39. The van der Waals surface area contributed by atoms with Crippen LogP contribution in [0.5, 0.6) is 0 Å². The molecule has 82 valence electrons. The highest BCUT2D eigenvalue weighted by atomic mass is 16.5. The number of nitrogens with one attached hydrogen (secondary N) is 1. The molecule has 2 bridgehead atoms. The summed E-state index contributed by atoms with van der Waals surface area (Å²) in [6.07, 6.45) is 7.35. The van der Waals surface area contributed by atoms with Gasteiger partial charge in [-0.3, -0.25) is 0 Å². The number of fused-ring (bicyclic) bond motifs is 2. The predicted octanol–water partition coefficient (Wildman–Crippen LogP) is 2.05. The molecule has 0 aromatic carbocycles. The van der Waals surface area contributed by atoms with Crippen molar-refractivity contribution < 1.29 is 4.74 Å². The summed E-state index contributed by atoms with van der Waals surface area (Å²) in [7, 11) is 3.85. The molecule has 0 aliphatic heterocycles. The average Bonchev–Trinajstić information content (AvgIpc) is 2.78. The van der Waals surface area contributed by atoms with Crippen LogP contribution in [0.25, 0.3) is 0 Å². The van der Waals surface area contributed by atoms with E-state index in [0.717, 1.165) is 24.4 Å². The van der Waals surface area contributed by atoms with E-state index < -0.39 is 0 Å². The Morgan fingerprint density at radius 3 is 2.71 bits per heavy atom. The third kappa shape index (κ3) is 2.12. The van der Waals surface area contributed by atoms with Crippen molar-refractivity contribution >= 4 is 0 Å². The molecule has 2 fully saturated rings. The zero-order valence-corrected chi connectivity index (χ0v) is 9.46. The van der Waals surface area contributed by atoms with Gasteiger partial charge in [-0.2, -0.15) is 0 Å². The van der Waals surface area contributed by atoms with E-state index in [0.29, 0.717) is 6.04 Å². The quantitative estimate of drug-likeness (QED) is 0.728. The molecule has 0 amide bonds. The predicted molar refractivity (Wildman–Crippen MR) is 58.3 cm³/mol. The highest BCUT2D eigenvalue weighted by Crippen LogP contribution is 2.49. The summed E-state index contributed by atoms with van der Waals surface area (Å²) in [6.45, 7) is 0.865. The number of hydrogen-bond acceptors (Lipinski definition) is 2. The molecule has 2 heteroatoms. The molecule has 0 radical (unpaired) electrons. The monoisotopic (exact) mass is 197 g/mol. The molecule has 4 unspecified atom stereocenters. The van der Waals surface area contributed by atoms with Gasteiger partial charge in [0, 0.05) is 13.2 Å². The standard InChI is InChI=1S/C12H23NO/c1-13-12(8-14-2)7-11-6-9-3-4-10(11)5-9/h9-13H,3-8H2,1-2H3. The van der Waals surface area contributed by atoms with Crippen molar-refractivity contribution in [1.29, 1.82) is 0 Å². The second kappa shape index (κ2) is 4.63. The Morgan fingerprint density at radius 1 is 1.36 bits per heavy atom. The Bertz CT molecular complexity index is 183. The number of likely N-dealkylation sites (N-methyl/N-ethyl adjacent to an activating group) is 1. The van der Waals surface area contributed by atoms with Crippen LogP contribution >= 0.6 is 0 Å². The van der Waals surface area contributed by atoms with Crippen molar-refractivity contribution in [2.24, 2.45) is 17.8 Å². The van der Waals surface area contributed by atoms with Gasteiger partial charge < -0.3 is 10.1 Å². The summed E-state index contributed by atoms with van der Waals surface area (Å²) in [5, 5.41) is 3.36. The molecule has 0 spiro atoms. The fourth-order valence-electron chi connectivity index (χ4n) is 3.50. The molecule has 14 heavy (non-hydrogen) atoms. The Balaban J connectivity index is 1.79. The second-order valence-corrected chi connectivity index (χ2v) is 5.11. The molecule has 2 saturated carbocycles. The molecule has 2 nitrogen and oxygen atoms in total. The lowest BCUT2D eigenvalue weighted by molar-refractivity contribution is 0.148. The third-order valence-corrected chi connectivity index (χ3v) is 4.25. The minimum Gasteiger partial charge on any atom is -0.383 e. The zero-order chi connectivity index (χ0) is 9.97. The van der Waals surface area contributed by atoms with Crippen molar-refractivity contribution in [3.63, 3.8) is 0 Å². The summed E-state index contributed by atoms with van der Waals surface area (Å²) in [6, 6.07) is 0.573. The molecule has 2 aliphatic carbocycles. The van der Waals surface area contributed by atoms with Crippen LogP contribution in [0.3, 0.4) is 0 Å². The molecular weight excluding hydrogens is 174 g/mol. The van der Waals surface area contributed by atoms with E-state index in [-0.39, 0.29) is 0 Å². The first-order chi connectivity index (χ1) is 6.83. The van der Waals surface area contributed by atoms with Gasteiger partial charge in [0.05, 0.1) is 6.61 Å². The average molecular weight is 197 g/mol. The summed E-state index contributed by atoms with van der Waals surface area (Å²) in [5.74, 6) is 3.11. The van der Waals surface area contributed by atoms with Gasteiger partial charge in [0.15, 0.2) is 0 Å².